The van der Waals surface area contributed by atoms with Gasteiger partial charge >= 0.3 is 5.97 Å². The summed E-state index contributed by atoms with van der Waals surface area (Å²) in [6.07, 6.45) is 0.244. The van der Waals surface area contributed by atoms with Gasteiger partial charge in [0.15, 0.2) is 9.84 Å². The van der Waals surface area contributed by atoms with Gasteiger partial charge in [-0.05, 0) is 23.6 Å². The van der Waals surface area contributed by atoms with E-state index in [1.54, 1.807) is 41.8 Å². The first kappa shape index (κ1) is 14.0. The zero-order valence-corrected chi connectivity index (χ0v) is 12.5. The van der Waals surface area contributed by atoms with Gasteiger partial charge in [0.05, 0.1) is 17.0 Å². The quantitative estimate of drug-likeness (QED) is 0.629. The fourth-order valence-corrected chi connectivity index (χ4v) is 4.84. The van der Waals surface area contributed by atoms with E-state index in [1.165, 1.54) is 0 Å². The topological polar surface area (TPSA) is 72.8 Å². The number of fused-ring (bicyclic) bond motifs is 1. The van der Waals surface area contributed by atoms with Gasteiger partial charge in [-0.25, -0.2) is 13.2 Å². The molecular formula is C14H11NO4S2. The molecule has 0 saturated carbocycles. The molecule has 2 heterocycles. The Hall–Kier alpha value is -1.99. The second-order valence-corrected chi connectivity index (χ2v) is 7.69. The summed E-state index contributed by atoms with van der Waals surface area (Å²) in [5, 5.41) is 5.54. The van der Waals surface area contributed by atoms with Crippen LogP contribution in [0.2, 0.25) is 0 Å². The second-order valence-electron chi connectivity index (χ2n) is 4.47. The average molecular weight is 321 g/mol. The van der Waals surface area contributed by atoms with E-state index in [9.17, 15) is 13.2 Å². The summed E-state index contributed by atoms with van der Waals surface area (Å²) in [4.78, 5) is 16.7. The fraction of sp³-hybridized carbons (Fsp3) is 0.143. The Bertz CT molecular complexity index is 807. The van der Waals surface area contributed by atoms with Crippen LogP contribution in [0.25, 0.3) is 0 Å². The summed E-state index contributed by atoms with van der Waals surface area (Å²) in [5.74, 6) is -0.573. The molecule has 1 aromatic carbocycles. The number of carbonyl (C=O) groups is 1. The number of sulfone groups is 1. The molecule has 0 fully saturated rings. The van der Waals surface area contributed by atoms with Crippen molar-refractivity contribution >= 4 is 32.9 Å². The third-order valence-electron chi connectivity index (χ3n) is 3.08. The zero-order chi connectivity index (χ0) is 14.9. The third-order valence-corrected chi connectivity index (χ3v) is 6.36. The maximum Gasteiger partial charge on any atom is 0.365 e. The lowest BCUT2D eigenvalue weighted by Gasteiger charge is -2.13. The lowest BCUT2D eigenvalue weighted by Crippen LogP contribution is -2.20. The molecule has 1 aliphatic rings. The van der Waals surface area contributed by atoms with Gasteiger partial charge in [0, 0.05) is 12.0 Å². The molecule has 0 aliphatic carbocycles. The van der Waals surface area contributed by atoms with Crippen molar-refractivity contribution in [3.63, 3.8) is 0 Å². The number of carbonyl (C=O) groups excluding carboxylic acids is 1. The van der Waals surface area contributed by atoms with Crippen LogP contribution in [-0.2, 0) is 14.7 Å². The molecule has 108 valence electrons. The molecule has 0 unspecified atom stereocenters. The van der Waals surface area contributed by atoms with Crippen LogP contribution in [0.3, 0.4) is 0 Å². The van der Waals surface area contributed by atoms with Crippen molar-refractivity contribution in [2.45, 2.75) is 10.6 Å². The molecule has 0 amide bonds. The number of hydrogen-bond donors (Lipinski definition) is 0. The predicted octanol–water partition coefficient (Wildman–Crippen LogP) is 2.49. The Morgan fingerprint density at radius 3 is 2.71 bits per heavy atom. The molecule has 0 atom stereocenters. The van der Waals surface area contributed by atoms with Crippen molar-refractivity contribution in [2.75, 3.05) is 5.75 Å². The van der Waals surface area contributed by atoms with Gasteiger partial charge in [0.25, 0.3) is 0 Å². The SMILES string of the molecule is O=C(ON=C1CCS(=O)(=O)c2sccc21)c1ccccc1. The van der Waals surface area contributed by atoms with Crippen LogP contribution < -0.4 is 0 Å². The summed E-state index contributed by atoms with van der Waals surface area (Å²) in [6, 6.07) is 10.2. The summed E-state index contributed by atoms with van der Waals surface area (Å²) in [6.45, 7) is 0. The molecular weight excluding hydrogens is 310 g/mol. The predicted molar refractivity (Wildman–Crippen MR) is 79.4 cm³/mol. The van der Waals surface area contributed by atoms with Gasteiger partial charge in [-0.2, -0.15) is 0 Å². The molecule has 1 aliphatic heterocycles. The summed E-state index contributed by atoms with van der Waals surface area (Å²) in [7, 11) is -3.23. The van der Waals surface area contributed by atoms with Crippen LogP contribution in [0.5, 0.6) is 0 Å². The third kappa shape index (κ3) is 2.74. The van der Waals surface area contributed by atoms with Crippen molar-refractivity contribution in [1.82, 2.24) is 0 Å². The molecule has 2 aromatic rings. The van der Waals surface area contributed by atoms with Crippen molar-refractivity contribution in [3.05, 3.63) is 52.9 Å². The summed E-state index contributed by atoms with van der Waals surface area (Å²) in [5.41, 5.74) is 1.42. The second kappa shape index (κ2) is 5.42. The van der Waals surface area contributed by atoms with E-state index in [2.05, 4.69) is 5.16 Å². The minimum absolute atomic E-state index is 0.0117. The number of benzene rings is 1. The maximum absolute atomic E-state index is 11.9. The van der Waals surface area contributed by atoms with E-state index < -0.39 is 15.8 Å². The van der Waals surface area contributed by atoms with E-state index >= 15 is 0 Å². The maximum atomic E-state index is 11.9. The molecule has 7 heteroatoms. The van der Waals surface area contributed by atoms with Crippen molar-refractivity contribution < 1.29 is 18.0 Å². The summed E-state index contributed by atoms with van der Waals surface area (Å²) >= 11 is 1.16. The van der Waals surface area contributed by atoms with Crippen molar-refractivity contribution in [2.24, 2.45) is 5.16 Å². The average Bonchev–Trinajstić information content (AvgIpc) is 2.98. The van der Waals surface area contributed by atoms with E-state index in [-0.39, 0.29) is 12.2 Å². The number of rotatable bonds is 2. The largest absolute Gasteiger partial charge is 0.365 e. The Labute approximate surface area is 125 Å². The molecule has 21 heavy (non-hydrogen) atoms. The first-order valence-electron chi connectivity index (χ1n) is 6.22. The highest BCUT2D eigenvalue weighted by atomic mass is 32.2. The molecule has 0 saturated heterocycles. The van der Waals surface area contributed by atoms with Crippen LogP contribution >= 0.6 is 11.3 Å². The highest BCUT2D eigenvalue weighted by Gasteiger charge is 2.29. The number of nitrogens with zero attached hydrogens (tertiary/aromatic N) is 1. The zero-order valence-electron chi connectivity index (χ0n) is 10.9. The Balaban J connectivity index is 1.84. The highest BCUT2D eigenvalue weighted by Crippen LogP contribution is 2.30. The van der Waals surface area contributed by atoms with E-state index in [1.807, 2.05) is 0 Å². The van der Waals surface area contributed by atoms with Crippen LogP contribution in [0.1, 0.15) is 22.3 Å². The van der Waals surface area contributed by atoms with Gasteiger partial charge in [0.2, 0.25) is 0 Å². The fourth-order valence-electron chi connectivity index (χ4n) is 2.03. The molecule has 3 rings (SSSR count). The molecule has 0 bridgehead atoms. The molecule has 0 radical (unpaired) electrons. The standard InChI is InChI=1S/C14H11NO4S2/c16-13(10-4-2-1-3-5-10)19-15-12-7-9-21(17,18)14-11(12)6-8-20-14/h1-6,8H,7,9H2. The van der Waals surface area contributed by atoms with E-state index in [0.29, 0.717) is 21.0 Å². The molecule has 1 aromatic heterocycles. The van der Waals surface area contributed by atoms with Crippen LogP contribution in [0, 0.1) is 0 Å². The molecule has 0 spiro atoms. The smallest absolute Gasteiger partial charge is 0.313 e. The van der Waals surface area contributed by atoms with Crippen LogP contribution in [0.15, 0.2) is 51.1 Å². The van der Waals surface area contributed by atoms with Gasteiger partial charge in [-0.15, -0.1) is 11.3 Å². The number of thiophene rings is 1. The highest BCUT2D eigenvalue weighted by molar-refractivity contribution is 7.93. The van der Waals surface area contributed by atoms with Crippen LogP contribution in [-0.4, -0.2) is 25.9 Å². The van der Waals surface area contributed by atoms with Gasteiger partial charge in [-0.1, -0.05) is 23.4 Å². The Kier molecular flexibility index (Phi) is 3.60. The van der Waals surface area contributed by atoms with Gasteiger partial charge < -0.3 is 4.84 Å². The normalized spacial score (nSPS) is 18.2. The Morgan fingerprint density at radius 2 is 1.95 bits per heavy atom. The molecule has 5 nitrogen and oxygen atoms in total. The lowest BCUT2D eigenvalue weighted by molar-refractivity contribution is 0.0516. The first-order valence-corrected chi connectivity index (χ1v) is 8.75. The number of oxime groups is 1. The Morgan fingerprint density at radius 1 is 1.19 bits per heavy atom. The van der Waals surface area contributed by atoms with Crippen LogP contribution in [0.4, 0.5) is 0 Å². The number of hydrogen-bond acceptors (Lipinski definition) is 6. The van der Waals surface area contributed by atoms with E-state index in [0.717, 1.165) is 11.3 Å². The first-order chi connectivity index (χ1) is 10.1. The molecule has 0 N–H and O–H groups in total. The van der Waals surface area contributed by atoms with Gasteiger partial charge in [0.1, 0.15) is 4.21 Å². The van der Waals surface area contributed by atoms with E-state index in [4.69, 9.17) is 4.84 Å². The minimum Gasteiger partial charge on any atom is -0.313 e. The minimum atomic E-state index is -3.23. The van der Waals surface area contributed by atoms with Crippen molar-refractivity contribution in [1.29, 1.82) is 0 Å². The summed E-state index contributed by atoms with van der Waals surface area (Å²) < 4.78 is 24.1. The lowest BCUT2D eigenvalue weighted by atomic mass is 10.1. The monoisotopic (exact) mass is 321 g/mol. The van der Waals surface area contributed by atoms with Crippen molar-refractivity contribution in [3.8, 4) is 0 Å². The van der Waals surface area contributed by atoms with Gasteiger partial charge in [-0.3, -0.25) is 0 Å².